The SMILES string of the molecule is COc1c(S(N)(=O)=O)ccnc1F. The van der Waals surface area contributed by atoms with E-state index in [0.29, 0.717) is 0 Å². The summed E-state index contributed by atoms with van der Waals surface area (Å²) in [4.78, 5) is 2.80. The minimum absolute atomic E-state index is 0.414. The monoisotopic (exact) mass is 206 g/mol. The third-order valence-electron chi connectivity index (χ3n) is 1.34. The lowest BCUT2D eigenvalue weighted by atomic mass is 10.4. The number of halogens is 1. The Bertz CT molecular complexity index is 418. The zero-order valence-corrected chi connectivity index (χ0v) is 7.51. The molecule has 1 aromatic heterocycles. The third-order valence-corrected chi connectivity index (χ3v) is 2.27. The highest BCUT2D eigenvalue weighted by Gasteiger charge is 2.18. The number of hydrogen-bond acceptors (Lipinski definition) is 4. The van der Waals surface area contributed by atoms with Crippen molar-refractivity contribution in [3.63, 3.8) is 0 Å². The number of nitrogens with zero attached hydrogens (tertiary/aromatic N) is 1. The maximum absolute atomic E-state index is 12.8. The molecule has 7 heteroatoms. The van der Waals surface area contributed by atoms with Gasteiger partial charge in [0.15, 0.2) is 5.75 Å². The van der Waals surface area contributed by atoms with E-state index in [4.69, 9.17) is 5.14 Å². The molecule has 0 aliphatic carbocycles. The molecule has 0 amide bonds. The Labute approximate surface area is 74.4 Å². The highest BCUT2D eigenvalue weighted by atomic mass is 32.2. The number of aromatic nitrogens is 1. The number of sulfonamides is 1. The molecule has 5 nitrogen and oxygen atoms in total. The van der Waals surface area contributed by atoms with E-state index in [1.54, 1.807) is 0 Å². The second kappa shape index (κ2) is 3.27. The highest BCUT2D eigenvalue weighted by molar-refractivity contribution is 7.89. The Morgan fingerprint density at radius 2 is 2.23 bits per heavy atom. The van der Waals surface area contributed by atoms with E-state index < -0.39 is 26.6 Å². The van der Waals surface area contributed by atoms with E-state index in [1.165, 1.54) is 0 Å². The van der Waals surface area contributed by atoms with Gasteiger partial charge in [-0.25, -0.2) is 18.5 Å². The topological polar surface area (TPSA) is 82.3 Å². The average molecular weight is 206 g/mol. The largest absolute Gasteiger partial charge is 0.491 e. The fraction of sp³-hybridized carbons (Fsp3) is 0.167. The highest BCUT2D eigenvalue weighted by Crippen LogP contribution is 2.23. The molecule has 0 saturated heterocycles. The van der Waals surface area contributed by atoms with Crippen molar-refractivity contribution in [3.05, 3.63) is 18.2 Å². The zero-order valence-electron chi connectivity index (χ0n) is 6.69. The third kappa shape index (κ3) is 1.93. The lowest BCUT2D eigenvalue weighted by molar-refractivity contribution is 0.365. The zero-order chi connectivity index (χ0) is 10.1. The first-order valence-electron chi connectivity index (χ1n) is 3.18. The van der Waals surface area contributed by atoms with Crippen molar-refractivity contribution in [2.45, 2.75) is 4.90 Å². The molecule has 0 unspecified atom stereocenters. The standard InChI is InChI=1S/C6H7FN2O3S/c1-12-5-4(13(8,10)11)2-3-9-6(5)7/h2-3H,1H3,(H2,8,10,11). The van der Waals surface area contributed by atoms with Crippen LogP contribution < -0.4 is 9.88 Å². The van der Waals surface area contributed by atoms with E-state index >= 15 is 0 Å². The molecule has 0 spiro atoms. The summed E-state index contributed by atoms with van der Waals surface area (Å²) in [5.41, 5.74) is 0. The number of nitrogens with two attached hydrogens (primary N) is 1. The van der Waals surface area contributed by atoms with Crippen molar-refractivity contribution < 1.29 is 17.5 Å². The van der Waals surface area contributed by atoms with Crippen molar-refractivity contribution in [2.24, 2.45) is 5.14 Å². The van der Waals surface area contributed by atoms with Gasteiger partial charge in [-0.15, -0.1) is 0 Å². The predicted octanol–water partition coefficient (Wildman–Crippen LogP) is -0.123. The molecule has 0 saturated carbocycles. The Kier molecular flexibility index (Phi) is 2.48. The normalized spacial score (nSPS) is 11.3. The van der Waals surface area contributed by atoms with Crippen molar-refractivity contribution in [3.8, 4) is 5.75 Å². The number of rotatable bonds is 2. The minimum Gasteiger partial charge on any atom is -0.491 e. The van der Waals surface area contributed by atoms with Gasteiger partial charge in [0.2, 0.25) is 10.0 Å². The smallest absolute Gasteiger partial charge is 0.256 e. The summed E-state index contributed by atoms with van der Waals surface area (Å²) in [6, 6.07) is 1.07. The molecular weight excluding hydrogens is 199 g/mol. The van der Waals surface area contributed by atoms with E-state index in [2.05, 4.69) is 9.72 Å². The number of methoxy groups -OCH3 is 1. The van der Waals surface area contributed by atoms with Gasteiger partial charge < -0.3 is 4.74 Å². The molecule has 0 fully saturated rings. The van der Waals surface area contributed by atoms with E-state index in [9.17, 15) is 12.8 Å². The minimum atomic E-state index is -3.97. The summed E-state index contributed by atoms with van der Waals surface area (Å²) in [6.07, 6.45) is 0.998. The van der Waals surface area contributed by atoms with Crippen LogP contribution >= 0.6 is 0 Å². The lowest BCUT2D eigenvalue weighted by Crippen LogP contribution is -2.14. The molecular formula is C6H7FN2O3S. The molecule has 0 aromatic carbocycles. The van der Waals surface area contributed by atoms with Crippen LogP contribution in [0.15, 0.2) is 17.2 Å². The van der Waals surface area contributed by atoms with Crippen molar-refractivity contribution in [1.82, 2.24) is 4.98 Å². The van der Waals surface area contributed by atoms with Crippen molar-refractivity contribution in [2.75, 3.05) is 7.11 Å². The predicted molar refractivity (Wildman–Crippen MR) is 42.1 cm³/mol. The summed E-state index contributed by atoms with van der Waals surface area (Å²) in [5, 5.41) is 4.80. The number of primary sulfonamides is 1. The van der Waals surface area contributed by atoms with Crippen LogP contribution in [-0.4, -0.2) is 20.5 Å². The van der Waals surface area contributed by atoms with Gasteiger partial charge in [0.25, 0.3) is 5.95 Å². The fourth-order valence-corrected chi connectivity index (χ4v) is 1.49. The van der Waals surface area contributed by atoms with Crippen molar-refractivity contribution in [1.29, 1.82) is 0 Å². The number of hydrogen-bond donors (Lipinski definition) is 1. The van der Waals surface area contributed by atoms with Crippen LogP contribution in [-0.2, 0) is 10.0 Å². The average Bonchev–Trinajstić information content (AvgIpc) is 2.02. The molecule has 13 heavy (non-hydrogen) atoms. The van der Waals surface area contributed by atoms with Gasteiger partial charge in [0, 0.05) is 6.20 Å². The fourth-order valence-electron chi connectivity index (χ4n) is 0.815. The first kappa shape index (κ1) is 9.87. The molecule has 1 aromatic rings. The van der Waals surface area contributed by atoms with Gasteiger partial charge in [-0.05, 0) is 6.07 Å². The van der Waals surface area contributed by atoms with E-state index in [-0.39, 0.29) is 0 Å². The lowest BCUT2D eigenvalue weighted by Gasteiger charge is -2.05. The Morgan fingerprint density at radius 1 is 1.62 bits per heavy atom. The van der Waals surface area contributed by atoms with Crippen molar-refractivity contribution >= 4 is 10.0 Å². The van der Waals surface area contributed by atoms with Gasteiger partial charge in [0.05, 0.1) is 7.11 Å². The molecule has 0 bridgehead atoms. The maximum atomic E-state index is 12.8. The molecule has 2 N–H and O–H groups in total. The van der Waals surface area contributed by atoms with Crippen LogP contribution in [0.4, 0.5) is 4.39 Å². The molecule has 1 heterocycles. The second-order valence-electron chi connectivity index (χ2n) is 2.18. The first-order chi connectivity index (χ1) is 5.96. The van der Waals surface area contributed by atoms with Gasteiger partial charge in [0.1, 0.15) is 4.90 Å². The van der Waals surface area contributed by atoms with Crippen LogP contribution in [0.1, 0.15) is 0 Å². The van der Waals surface area contributed by atoms with Gasteiger partial charge in [-0.2, -0.15) is 4.39 Å². The first-order valence-corrected chi connectivity index (χ1v) is 4.72. The van der Waals surface area contributed by atoms with E-state index in [1.807, 2.05) is 0 Å². The quantitative estimate of drug-likeness (QED) is 0.683. The van der Waals surface area contributed by atoms with Crippen LogP contribution in [0.3, 0.4) is 0 Å². The number of ether oxygens (including phenoxy) is 1. The van der Waals surface area contributed by atoms with Crippen LogP contribution in [0.25, 0.3) is 0 Å². The van der Waals surface area contributed by atoms with Crippen LogP contribution in [0, 0.1) is 5.95 Å². The molecule has 0 aliphatic rings. The van der Waals surface area contributed by atoms with Gasteiger partial charge >= 0.3 is 0 Å². The van der Waals surface area contributed by atoms with E-state index in [0.717, 1.165) is 19.4 Å². The van der Waals surface area contributed by atoms with Crippen LogP contribution in [0.2, 0.25) is 0 Å². The Hall–Kier alpha value is -1.21. The summed E-state index contributed by atoms with van der Waals surface area (Å²) in [7, 11) is -2.84. The molecule has 0 radical (unpaired) electrons. The summed E-state index contributed by atoms with van der Waals surface area (Å²) in [6.45, 7) is 0. The van der Waals surface area contributed by atoms with Gasteiger partial charge in [-0.1, -0.05) is 0 Å². The van der Waals surface area contributed by atoms with Crippen LogP contribution in [0.5, 0.6) is 5.75 Å². The van der Waals surface area contributed by atoms with Gasteiger partial charge in [-0.3, -0.25) is 0 Å². The molecule has 1 rings (SSSR count). The molecule has 0 aliphatic heterocycles. The Morgan fingerprint density at radius 3 is 2.62 bits per heavy atom. The Balaban J connectivity index is 3.47. The maximum Gasteiger partial charge on any atom is 0.256 e. The summed E-state index contributed by atoms with van der Waals surface area (Å²) >= 11 is 0. The molecule has 0 atom stereocenters. The summed E-state index contributed by atoms with van der Waals surface area (Å²) in [5.74, 6) is -1.47. The molecule has 72 valence electrons. The summed E-state index contributed by atoms with van der Waals surface area (Å²) < 4.78 is 39.1. The number of pyridine rings is 1. The second-order valence-corrected chi connectivity index (χ2v) is 3.71.